The van der Waals surface area contributed by atoms with Crippen LogP contribution in [-0.4, -0.2) is 38.9 Å². The van der Waals surface area contributed by atoms with E-state index in [0.29, 0.717) is 5.56 Å². The van der Waals surface area contributed by atoms with Crippen molar-refractivity contribution in [3.05, 3.63) is 41.9 Å². The smallest absolute Gasteiger partial charge is 0.331 e. The number of amides is 1. The summed E-state index contributed by atoms with van der Waals surface area (Å²) in [6.45, 7) is 0. The third-order valence-electron chi connectivity index (χ3n) is 2.79. The van der Waals surface area contributed by atoms with Gasteiger partial charge < -0.3 is 15.2 Å². The molecule has 0 aliphatic rings. The zero-order valence-electron chi connectivity index (χ0n) is 11.5. The molecule has 1 unspecified atom stereocenters. The van der Waals surface area contributed by atoms with Gasteiger partial charge in [0.1, 0.15) is 5.56 Å². The molecule has 0 spiro atoms. The zero-order chi connectivity index (χ0) is 15.4. The van der Waals surface area contributed by atoms with Gasteiger partial charge in [0.2, 0.25) is 5.88 Å². The lowest BCUT2D eigenvalue weighted by Gasteiger charge is -2.13. The summed E-state index contributed by atoms with van der Waals surface area (Å²) in [6.07, 6.45) is 4.39. The predicted molar refractivity (Wildman–Crippen MR) is 71.8 cm³/mol. The van der Waals surface area contributed by atoms with Crippen LogP contribution in [0.5, 0.6) is 5.88 Å². The van der Waals surface area contributed by atoms with E-state index >= 15 is 0 Å². The van der Waals surface area contributed by atoms with Crippen molar-refractivity contribution in [1.82, 2.24) is 20.1 Å². The molecule has 21 heavy (non-hydrogen) atoms. The van der Waals surface area contributed by atoms with Crippen molar-refractivity contribution in [3.63, 3.8) is 0 Å². The van der Waals surface area contributed by atoms with Crippen LogP contribution in [-0.2, 0) is 11.8 Å². The maximum Gasteiger partial charge on any atom is 0.331 e. The number of ether oxygens (including phenoxy) is 1. The molecule has 0 fully saturated rings. The van der Waals surface area contributed by atoms with E-state index < -0.39 is 17.9 Å². The lowest BCUT2D eigenvalue weighted by Crippen LogP contribution is -2.33. The van der Waals surface area contributed by atoms with Gasteiger partial charge in [-0.05, 0) is 12.1 Å². The van der Waals surface area contributed by atoms with E-state index in [-0.39, 0.29) is 11.4 Å². The Bertz CT molecular complexity index is 668. The van der Waals surface area contributed by atoms with Crippen LogP contribution in [0.2, 0.25) is 0 Å². The van der Waals surface area contributed by atoms with Gasteiger partial charge >= 0.3 is 5.97 Å². The minimum atomic E-state index is -1.20. The average Bonchev–Trinajstić information content (AvgIpc) is 2.90. The molecule has 0 saturated carbocycles. The Morgan fingerprint density at radius 1 is 1.48 bits per heavy atom. The molecular weight excluding hydrogens is 276 g/mol. The summed E-state index contributed by atoms with van der Waals surface area (Å²) in [6, 6.07) is 1.87. The van der Waals surface area contributed by atoms with E-state index in [0.717, 1.165) is 0 Å². The summed E-state index contributed by atoms with van der Waals surface area (Å²) in [5, 5.41) is 15.6. The molecule has 1 atom stereocenters. The number of carboxylic acids is 1. The van der Waals surface area contributed by atoms with E-state index in [9.17, 15) is 14.7 Å². The molecule has 0 radical (unpaired) electrons. The first kappa shape index (κ1) is 14.5. The highest BCUT2D eigenvalue weighted by atomic mass is 16.5. The van der Waals surface area contributed by atoms with E-state index in [2.05, 4.69) is 15.4 Å². The number of carboxylic acid groups (broad SMARTS) is 1. The van der Waals surface area contributed by atoms with Gasteiger partial charge in [0.05, 0.1) is 13.3 Å². The van der Waals surface area contributed by atoms with Crippen LogP contribution in [0.15, 0.2) is 30.7 Å². The largest absolute Gasteiger partial charge is 0.480 e. The van der Waals surface area contributed by atoms with Crippen LogP contribution in [0.1, 0.15) is 22.0 Å². The van der Waals surface area contributed by atoms with Crippen LogP contribution in [0, 0.1) is 0 Å². The molecule has 2 N–H and O–H groups in total. The Morgan fingerprint density at radius 3 is 2.81 bits per heavy atom. The fraction of sp³-hybridized carbons (Fsp3) is 0.231. The van der Waals surface area contributed by atoms with Gasteiger partial charge in [0.25, 0.3) is 5.91 Å². The summed E-state index contributed by atoms with van der Waals surface area (Å²) in [5.41, 5.74) is 0.538. The van der Waals surface area contributed by atoms with Crippen molar-refractivity contribution in [2.75, 3.05) is 7.11 Å². The number of aliphatic carboxylic acids is 1. The SMILES string of the molecule is COc1ncccc1C(=O)NC(C(=O)O)c1cnn(C)c1. The summed E-state index contributed by atoms with van der Waals surface area (Å²) >= 11 is 0. The van der Waals surface area contributed by atoms with E-state index in [1.807, 2.05) is 0 Å². The Labute approximate surface area is 120 Å². The zero-order valence-corrected chi connectivity index (χ0v) is 11.5. The maximum absolute atomic E-state index is 12.2. The van der Waals surface area contributed by atoms with Crippen molar-refractivity contribution >= 4 is 11.9 Å². The Morgan fingerprint density at radius 2 is 2.24 bits per heavy atom. The topological polar surface area (TPSA) is 106 Å². The summed E-state index contributed by atoms with van der Waals surface area (Å²) < 4.78 is 6.44. The average molecular weight is 290 g/mol. The Balaban J connectivity index is 2.25. The molecule has 2 aromatic rings. The quantitative estimate of drug-likeness (QED) is 0.824. The number of aromatic nitrogens is 3. The number of carbonyl (C=O) groups excluding carboxylic acids is 1. The second-order valence-corrected chi connectivity index (χ2v) is 4.25. The normalized spacial score (nSPS) is 11.7. The van der Waals surface area contributed by atoms with Gasteiger partial charge in [-0.2, -0.15) is 5.10 Å². The fourth-order valence-corrected chi connectivity index (χ4v) is 1.81. The van der Waals surface area contributed by atoms with Crippen molar-refractivity contribution in [3.8, 4) is 5.88 Å². The molecule has 8 nitrogen and oxygen atoms in total. The molecule has 1 amide bonds. The van der Waals surface area contributed by atoms with Gasteiger partial charge in [-0.15, -0.1) is 0 Å². The number of rotatable bonds is 5. The summed E-state index contributed by atoms with van der Waals surface area (Å²) in [5.74, 6) is -1.64. The fourth-order valence-electron chi connectivity index (χ4n) is 1.81. The van der Waals surface area contributed by atoms with Crippen LogP contribution < -0.4 is 10.1 Å². The monoisotopic (exact) mass is 290 g/mol. The minimum Gasteiger partial charge on any atom is -0.480 e. The van der Waals surface area contributed by atoms with Crippen LogP contribution in [0.4, 0.5) is 0 Å². The van der Waals surface area contributed by atoms with Gasteiger partial charge in [-0.1, -0.05) is 0 Å². The molecule has 0 bridgehead atoms. The van der Waals surface area contributed by atoms with Crippen LogP contribution >= 0.6 is 0 Å². The number of carbonyl (C=O) groups is 2. The highest BCUT2D eigenvalue weighted by Gasteiger charge is 2.25. The summed E-state index contributed by atoms with van der Waals surface area (Å²) in [7, 11) is 3.04. The predicted octanol–water partition coefficient (Wildman–Crippen LogP) is 0.379. The summed E-state index contributed by atoms with van der Waals surface area (Å²) in [4.78, 5) is 27.4. The Kier molecular flexibility index (Phi) is 4.17. The molecule has 0 aromatic carbocycles. The van der Waals surface area contributed by atoms with Crippen molar-refractivity contribution in [1.29, 1.82) is 0 Å². The molecular formula is C13H14N4O4. The lowest BCUT2D eigenvalue weighted by atomic mass is 10.1. The highest BCUT2D eigenvalue weighted by Crippen LogP contribution is 2.17. The van der Waals surface area contributed by atoms with Crippen LogP contribution in [0.3, 0.4) is 0 Å². The number of nitrogens with one attached hydrogen (secondary N) is 1. The number of methoxy groups -OCH3 is 1. The van der Waals surface area contributed by atoms with E-state index in [1.165, 1.54) is 36.4 Å². The molecule has 0 aliphatic carbocycles. The first-order valence-corrected chi connectivity index (χ1v) is 6.04. The van der Waals surface area contributed by atoms with Crippen LogP contribution in [0.25, 0.3) is 0 Å². The van der Waals surface area contributed by atoms with Gasteiger partial charge in [-0.25, -0.2) is 9.78 Å². The molecule has 110 valence electrons. The van der Waals surface area contributed by atoms with Crippen molar-refractivity contribution in [2.45, 2.75) is 6.04 Å². The maximum atomic E-state index is 12.2. The minimum absolute atomic E-state index is 0.130. The number of pyridine rings is 1. The Hall–Kier alpha value is -2.90. The first-order valence-electron chi connectivity index (χ1n) is 6.04. The van der Waals surface area contributed by atoms with Gasteiger partial charge in [0.15, 0.2) is 6.04 Å². The molecule has 8 heteroatoms. The van der Waals surface area contributed by atoms with Crippen molar-refractivity contribution in [2.24, 2.45) is 7.05 Å². The van der Waals surface area contributed by atoms with Crippen molar-refractivity contribution < 1.29 is 19.4 Å². The number of aryl methyl sites for hydroxylation is 1. The molecule has 0 aliphatic heterocycles. The van der Waals surface area contributed by atoms with Gasteiger partial charge in [-0.3, -0.25) is 9.48 Å². The van der Waals surface area contributed by atoms with Gasteiger partial charge in [0, 0.05) is 25.0 Å². The lowest BCUT2D eigenvalue weighted by molar-refractivity contribution is -0.139. The standard InChI is InChI=1S/C13H14N4O4/c1-17-7-8(6-15-17)10(13(19)20)16-11(18)9-4-3-5-14-12(9)21-2/h3-7,10H,1-2H3,(H,16,18)(H,19,20). The van der Waals surface area contributed by atoms with E-state index in [4.69, 9.17) is 4.74 Å². The third-order valence-corrected chi connectivity index (χ3v) is 2.79. The molecule has 2 heterocycles. The number of nitrogens with zero attached hydrogens (tertiary/aromatic N) is 3. The molecule has 0 saturated heterocycles. The first-order chi connectivity index (χ1) is 10.0. The third kappa shape index (κ3) is 3.16. The number of hydrogen-bond donors (Lipinski definition) is 2. The second-order valence-electron chi connectivity index (χ2n) is 4.25. The number of hydrogen-bond acceptors (Lipinski definition) is 5. The molecule has 2 aromatic heterocycles. The second kappa shape index (κ2) is 6.04. The molecule has 2 rings (SSSR count). The van der Waals surface area contributed by atoms with E-state index in [1.54, 1.807) is 13.1 Å². The highest BCUT2D eigenvalue weighted by molar-refractivity contribution is 5.98.